The Morgan fingerprint density at radius 1 is 1.45 bits per heavy atom. The van der Waals surface area contributed by atoms with E-state index in [2.05, 4.69) is 4.98 Å². The van der Waals surface area contributed by atoms with Crippen LogP contribution in [0.3, 0.4) is 0 Å². The van der Waals surface area contributed by atoms with Gasteiger partial charge in [-0.15, -0.1) is 0 Å². The fourth-order valence-electron chi connectivity index (χ4n) is 2.29. The number of amides is 1. The lowest BCUT2D eigenvalue weighted by atomic mass is 10.2. The molecular formula is C13H14ClN3O3. The Morgan fingerprint density at radius 2 is 2.15 bits per heavy atom. The Bertz CT molecular complexity index is 570. The van der Waals surface area contributed by atoms with Crippen LogP contribution in [0.15, 0.2) is 12.3 Å². The van der Waals surface area contributed by atoms with Crippen molar-refractivity contribution < 1.29 is 9.72 Å². The van der Waals surface area contributed by atoms with Gasteiger partial charge in [0.2, 0.25) is 5.15 Å². The lowest BCUT2D eigenvalue weighted by molar-refractivity contribution is -0.385. The van der Waals surface area contributed by atoms with Gasteiger partial charge in [-0.1, -0.05) is 11.6 Å². The first-order chi connectivity index (χ1) is 9.58. The van der Waals surface area contributed by atoms with Gasteiger partial charge in [-0.2, -0.15) is 0 Å². The third kappa shape index (κ3) is 2.60. The van der Waals surface area contributed by atoms with Gasteiger partial charge in [-0.05, 0) is 37.7 Å². The number of halogens is 1. The van der Waals surface area contributed by atoms with Gasteiger partial charge in [-0.3, -0.25) is 14.9 Å². The summed E-state index contributed by atoms with van der Waals surface area (Å²) in [7, 11) is 0. The van der Waals surface area contributed by atoms with Crippen LogP contribution in [0.1, 0.15) is 36.0 Å². The van der Waals surface area contributed by atoms with E-state index in [0.29, 0.717) is 12.5 Å². The molecular weight excluding hydrogens is 282 g/mol. The summed E-state index contributed by atoms with van der Waals surface area (Å²) in [4.78, 5) is 28.5. The third-order valence-electron chi connectivity index (χ3n) is 3.69. The Balaban J connectivity index is 1.91. The quantitative estimate of drug-likeness (QED) is 0.475. The van der Waals surface area contributed by atoms with Crippen molar-refractivity contribution in [3.05, 3.63) is 33.1 Å². The lowest BCUT2D eigenvalue weighted by Crippen LogP contribution is -2.35. The van der Waals surface area contributed by atoms with Crippen molar-refractivity contribution in [3.63, 3.8) is 0 Å². The van der Waals surface area contributed by atoms with E-state index in [0.717, 1.165) is 25.7 Å². The molecule has 1 amide bonds. The zero-order valence-electron chi connectivity index (χ0n) is 10.8. The van der Waals surface area contributed by atoms with Crippen molar-refractivity contribution >= 4 is 23.2 Å². The average Bonchev–Trinajstić information content (AvgIpc) is 3.26. The number of carbonyl (C=O) groups excluding carboxylic acids is 1. The van der Waals surface area contributed by atoms with E-state index in [-0.39, 0.29) is 28.4 Å². The van der Waals surface area contributed by atoms with Crippen molar-refractivity contribution in [1.29, 1.82) is 0 Å². The van der Waals surface area contributed by atoms with E-state index in [9.17, 15) is 14.9 Å². The summed E-state index contributed by atoms with van der Waals surface area (Å²) in [5.74, 6) is 0.256. The maximum Gasteiger partial charge on any atom is 0.319 e. The number of aromatic nitrogens is 1. The molecule has 0 bridgehead atoms. The van der Waals surface area contributed by atoms with Crippen LogP contribution in [0, 0.1) is 16.0 Å². The summed E-state index contributed by atoms with van der Waals surface area (Å²) in [6.45, 7) is 0.695. The number of carbonyl (C=O) groups is 1. The highest BCUT2D eigenvalue weighted by Crippen LogP contribution is 2.37. The van der Waals surface area contributed by atoms with E-state index >= 15 is 0 Å². The number of pyridine rings is 1. The minimum Gasteiger partial charge on any atom is -0.335 e. The maximum absolute atomic E-state index is 12.6. The molecule has 0 aliphatic heterocycles. The highest BCUT2D eigenvalue weighted by molar-refractivity contribution is 6.32. The number of nitro groups is 1. The fourth-order valence-corrected chi connectivity index (χ4v) is 2.52. The van der Waals surface area contributed by atoms with Crippen molar-refractivity contribution in [2.75, 3.05) is 6.54 Å². The van der Waals surface area contributed by atoms with Gasteiger partial charge in [0.05, 0.1) is 4.92 Å². The van der Waals surface area contributed by atoms with E-state index < -0.39 is 4.92 Å². The Hall–Kier alpha value is -1.69. The summed E-state index contributed by atoms with van der Waals surface area (Å²) >= 11 is 5.76. The van der Waals surface area contributed by atoms with Crippen molar-refractivity contribution in [3.8, 4) is 0 Å². The summed E-state index contributed by atoms with van der Waals surface area (Å²) < 4.78 is 0. The largest absolute Gasteiger partial charge is 0.335 e. The molecule has 7 heteroatoms. The Morgan fingerprint density at radius 3 is 2.70 bits per heavy atom. The van der Waals surface area contributed by atoms with Gasteiger partial charge in [0, 0.05) is 18.8 Å². The second-order valence-electron chi connectivity index (χ2n) is 5.39. The molecule has 0 saturated heterocycles. The van der Waals surface area contributed by atoms with Crippen LogP contribution in [-0.4, -0.2) is 33.3 Å². The average molecular weight is 296 g/mol. The predicted molar refractivity (Wildman–Crippen MR) is 72.7 cm³/mol. The van der Waals surface area contributed by atoms with Crippen LogP contribution in [-0.2, 0) is 0 Å². The molecule has 0 spiro atoms. The molecule has 0 N–H and O–H groups in total. The molecule has 0 aromatic carbocycles. The van der Waals surface area contributed by atoms with Crippen LogP contribution in [0.25, 0.3) is 0 Å². The van der Waals surface area contributed by atoms with Crippen molar-refractivity contribution in [2.24, 2.45) is 5.92 Å². The molecule has 2 saturated carbocycles. The molecule has 1 heterocycles. The predicted octanol–water partition coefficient (Wildman–Crippen LogP) is 2.66. The van der Waals surface area contributed by atoms with Gasteiger partial charge >= 0.3 is 5.69 Å². The summed E-state index contributed by atoms with van der Waals surface area (Å²) in [6, 6.07) is 1.61. The first kappa shape index (κ1) is 13.3. The van der Waals surface area contributed by atoms with Crippen LogP contribution < -0.4 is 0 Å². The minimum absolute atomic E-state index is 0.0440. The minimum atomic E-state index is -0.634. The highest BCUT2D eigenvalue weighted by Gasteiger charge is 2.39. The molecule has 2 aliphatic rings. The standard InChI is InChI=1S/C13H14ClN3O3/c14-12-11(17(19)20)10(5-6-15-12)13(18)16(9-3-4-9)7-8-1-2-8/h5-6,8-9H,1-4,7H2. The monoisotopic (exact) mass is 295 g/mol. The first-order valence-electron chi connectivity index (χ1n) is 6.67. The van der Waals surface area contributed by atoms with Gasteiger partial charge in [0.25, 0.3) is 5.91 Å². The highest BCUT2D eigenvalue weighted by atomic mass is 35.5. The summed E-state index contributed by atoms with van der Waals surface area (Å²) in [5, 5.41) is 10.9. The Labute approximate surface area is 120 Å². The zero-order valence-corrected chi connectivity index (χ0v) is 11.5. The van der Waals surface area contributed by atoms with Gasteiger partial charge in [0.15, 0.2) is 0 Å². The summed E-state index contributed by atoms with van der Waals surface area (Å²) in [5.41, 5.74) is -0.344. The molecule has 0 atom stereocenters. The first-order valence-corrected chi connectivity index (χ1v) is 7.05. The molecule has 0 unspecified atom stereocenters. The fraction of sp³-hybridized carbons (Fsp3) is 0.538. The number of hydrogen-bond acceptors (Lipinski definition) is 4. The van der Waals surface area contributed by atoms with Crippen LogP contribution >= 0.6 is 11.6 Å². The van der Waals surface area contributed by atoms with Crippen molar-refractivity contribution in [1.82, 2.24) is 9.88 Å². The SMILES string of the molecule is O=C(c1ccnc(Cl)c1[N+](=O)[O-])N(CC1CC1)C1CC1. The molecule has 2 aliphatic carbocycles. The van der Waals surface area contributed by atoms with Gasteiger partial charge in [-0.25, -0.2) is 4.98 Å². The Kier molecular flexibility index (Phi) is 3.33. The maximum atomic E-state index is 12.6. The molecule has 2 fully saturated rings. The second-order valence-corrected chi connectivity index (χ2v) is 5.75. The zero-order chi connectivity index (χ0) is 14.3. The number of nitrogens with zero attached hydrogens (tertiary/aromatic N) is 3. The van der Waals surface area contributed by atoms with Gasteiger partial charge < -0.3 is 4.90 Å². The van der Waals surface area contributed by atoms with E-state index in [1.807, 2.05) is 0 Å². The molecule has 106 valence electrons. The number of rotatable bonds is 5. The second kappa shape index (κ2) is 5.01. The third-order valence-corrected chi connectivity index (χ3v) is 3.97. The topological polar surface area (TPSA) is 76.3 Å². The smallest absolute Gasteiger partial charge is 0.319 e. The normalized spacial score (nSPS) is 17.9. The number of hydrogen-bond donors (Lipinski definition) is 0. The van der Waals surface area contributed by atoms with Crippen molar-refractivity contribution in [2.45, 2.75) is 31.7 Å². The lowest BCUT2D eigenvalue weighted by Gasteiger charge is -2.22. The van der Waals surface area contributed by atoms with E-state index in [1.54, 1.807) is 4.90 Å². The molecule has 0 radical (unpaired) electrons. The molecule has 1 aromatic rings. The van der Waals surface area contributed by atoms with Crippen LogP contribution in [0.5, 0.6) is 0 Å². The summed E-state index contributed by atoms with van der Waals surface area (Å²) in [6.07, 6.45) is 5.56. The van der Waals surface area contributed by atoms with Crippen LogP contribution in [0.2, 0.25) is 5.15 Å². The molecule has 1 aromatic heterocycles. The molecule has 20 heavy (non-hydrogen) atoms. The molecule has 6 nitrogen and oxygen atoms in total. The van der Waals surface area contributed by atoms with Crippen LogP contribution in [0.4, 0.5) is 5.69 Å². The van der Waals surface area contributed by atoms with Gasteiger partial charge in [0.1, 0.15) is 5.56 Å². The van der Waals surface area contributed by atoms with E-state index in [4.69, 9.17) is 11.6 Å². The molecule has 3 rings (SSSR count). The van der Waals surface area contributed by atoms with E-state index in [1.165, 1.54) is 12.3 Å².